The SMILES string of the molecule is CC(C)[C@H](NC(=O)O)C(=O)N1CCC[C@@]1(C)c1ncc(Br)[nH]1. The minimum absolute atomic E-state index is 0.128. The van der Waals surface area contributed by atoms with Gasteiger partial charge in [0.2, 0.25) is 5.91 Å². The van der Waals surface area contributed by atoms with E-state index in [9.17, 15) is 9.59 Å². The highest BCUT2D eigenvalue weighted by Gasteiger charge is 2.45. The van der Waals surface area contributed by atoms with Crippen LogP contribution in [-0.2, 0) is 10.3 Å². The maximum atomic E-state index is 12.9. The zero-order chi connectivity index (χ0) is 16.5. The predicted molar refractivity (Wildman–Crippen MR) is 84.4 cm³/mol. The molecule has 3 N–H and O–H groups in total. The fourth-order valence-electron chi connectivity index (χ4n) is 2.95. The lowest BCUT2D eigenvalue weighted by Crippen LogP contribution is -2.54. The van der Waals surface area contributed by atoms with Gasteiger partial charge in [0, 0.05) is 6.54 Å². The summed E-state index contributed by atoms with van der Waals surface area (Å²) in [7, 11) is 0. The van der Waals surface area contributed by atoms with E-state index in [-0.39, 0.29) is 11.8 Å². The standard InChI is InChI=1S/C14H21BrN4O3/c1-8(2)10(18-13(21)22)11(20)19-6-4-5-14(19,3)12-16-7-9(15)17-12/h7-8,10,18H,4-6H2,1-3H3,(H,16,17)(H,21,22)/t10-,14-/m0/s1. The fraction of sp³-hybridized carbons (Fsp3) is 0.643. The van der Waals surface area contributed by atoms with Gasteiger partial charge in [0.05, 0.1) is 11.7 Å². The van der Waals surface area contributed by atoms with Crippen LogP contribution in [0.2, 0.25) is 0 Å². The topological polar surface area (TPSA) is 98.3 Å². The molecule has 0 radical (unpaired) electrons. The minimum atomic E-state index is -1.19. The molecule has 1 aromatic rings. The Morgan fingerprint density at radius 2 is 2.23 bits per heavy atom. The van der Waals surface area contributed by atoms with Gasteiger partial charge in [-0.05, 0) is 41.6 Å². The molecule has 0 aliphatic carbocycles. The number of likely N-dealkylation sites (tertiary alicyclic amines) is 1. The first-order valence-electron chi connectivity index (χ1n) is 7.27. The van der Waals surface area contributed by atoms with Crippen molar-refractivity contribution in [2.75, 3.05) is 6.54 Å². The third kappa shape index (κ3) is 3.11. The molecule has 0 aromatic carbocycles. The summed E-state index contributed by atoms with van der Waals surface area (Å²) < 4.78 is 0.757. The first-order chi connectivity index (χ1) is 10.3. The number of carbonyl (C=O) groups excluding carboxylic acids is 1. The van der Waals surface area contributed by atoms with Gasteiger partial charge in [-0.25, -0.2) is 9.78 Å². The average molecular weight is 373 g/mol. The summed E-state index contributed by atoms with van der Waals surface area (Å²) in [5.74, 6) is 0.379. The van der Waals surface area contributed by atoms with Crippen LogP contribution in [0.3, 0.4) is 0 Å². The number of H-pyrrole nitrogens is 1. The highest BCUT2D eigenvalue weighted by atomic mass is 79.9. The van der Waals surface area contributed by atoms with Crippen LogP contribution in [0, 0.1) is 5.92 Å². The predicted octanol–water partition coefficient (Wildman–Crippen LogP) is 2.30. The molecule has 0 bridgehead atoms. The monoisotopic (exact) mass is 372 g/mol. The Morgan fingerprint density at radius 1 is 1.55 bits per heavy atom. The largest absolute Gasteiger partial charge is 0.465 e. The van der Waals surface area contributed by atoms with Crippen molar-refractivity contribution in [1.29, 1.82) is 0 Å². The van der Waals surface area contributed by atoms with Crippen molar-refractivity contribution in [3.05, 3.63) is 16.6 Å². The summed E-state index contributed by atoms with van der Waals surface area (Å²) in [5.41, 5.74) is -0.545. The van der Waals surface area contributed by atoms with Gasteiger partial charge in [0.1, 0.15) is 16.5 Å². The number of halogens is 1. The van der Waals surface area contributed by atoms with Gasteiger partial charge >= 0.3 is 6.09 Å². The van der Waals surface area contributed by atoms with E-state index < -0.39 is 17.7 Å². The van der Waals surface area contributed by atoms with Gasteiger partial charge in [-0.2, -0.15) is 0 Å². The lowest BCUT2D eigenvalue weighted by Gasteiger charge is -2.36. The molecule has 1 aromatic heterocycles. The molecule has 1 aliphatic rings. The van der Waals surface area contributed by atoms with Crippen molar-refractivity contribution < 1.29 is 14.7 Å². The Kier molecular flexibility index (Phi) is 4.79. The Hall–Kier alpha value is -1.57. The number of imidazole rings is 1. The van der Waals surface area contributed by atoms with E-state index in [0.29, 0.717) is 12.4 Å². The van der Waals surface area contributed by atoms with Crippen LogP contribution >= 0.6 is 15.9 Å². The van der Waals surface area contributed by atoms with E-state index in [1.165, 1.54) is 0 Å². The molecule has 1 saturated heterocycles. The van der Waals surface area contributed by atoms with Crippen molar-refractivity contribution in [2.45, 2.75) is 45.2 Å². The number of carbonyl (C=O) groups is 2. The van der Waals surface area contributed by atoms with Gasteiger partial charge in [-0.3, -0.25) is 4.79 Å². The summed E-state index contributed by atoms with van der Waals surface area (Å²) in [5, 5.41) is 11.3. The third-order valence-electron chi connectivity index (χ3n) is 4.17. The maximum absolute atomic E-state index is 12.9. The van der Waals surface area contributed by atoms with E-state index in [0.717, 1.165) is 17.4 Å². The second-order valence-corrected chi connectivity index (χ2v) is 6.97. The van der Waals surface area contributed by atoms with Crippen molar-refractivity contribution in [2.24, 2.45) is 5.92 Å². The first kappa shape index (κ1) is 16.8. The van der Waals surface area contributed by atoms with Crippen LogP contribution in [0.25, 0.3) is 0 Å². The van der Waals surface area contributed by atoms with Gasteiger partial charge in [-0.15, -0.1) is 0 Å². The van der Waals surface area contributed by atoms with Gasteiger partial charge in [-0.1, -0.05) is 13.8 Å². The van der Waals surface area contributed by atoms with E-state index in [1.54, 1.807) is 11.1 Å². The molecule has 0 saturated carbocycles. The molecule has 2 heterocycles. The minimum Gasteiger partial charge on any atom is -0.465 e. The average Bonchev–Trinajstić information content (AvgIpc) is 3.02. The Balaban J connectivity index is 2.29. The van der Waals surface area contributed by atoms with E-state index in [2.05, 4.69) is 31.2 Å². The summed E-state index contributed by atoms with van der Waals surface area (Å²) in [6.45, 7) is 6.21. The normalized spacial score (nSPS) is 22.9. The Bertz CT molecular complexity index is 574. The first-order valence-corrected chi connectivity index (χ1v) is 8.07. The highest BCUT2D eigenvalue weighted by Crippen LogP contribution is 2.38. The van der Waals surface area contributed by atoms with Crippen molar-refractivity contribution in [3.63, 3.8) is 0 Å². The molecular weight excluding hydrogens is 352 g/mol. The zero-order valence-corrected chi connectivity index (χ0v) is 14.5. The Labute approximate surface area is 137 Å². The van der Waals surface area contributed by atoms with Crippen LogP contribution in [-0.4, -0.2) is 44.6 Å². The van der Waals surface area contributed by atoms with E-state index >= 15 is 0 Å². The number of rotatable bonds is 4. The van der Waals surface area contributed by atoms with E-state index in [4.69, 9.17) is 5.11 Å². The Morgan fingerprint density at radius 3 is 2.73 bits per heavy atom. The molecule has 2 amide bonds. The number of aromatic nitrogens is 2. The molecule has 2 atom stereocenters. The molecule has 22 heavy (non-hydrogen) atoms. The highest BCUT2D eigenvalue weighted by molar-refractivity contribution is 9.10. The smallest absolute Gasteiger partial charge is 0.405 e. The number of hydrogen-bond donors (Lipinski definition) is 3. The summed E-state index contributed by atoms with van der Waals surface area (Å²) >= 11 is 3.33. The molecule has 1 aliphatic heterocycles. The molecular formula is C14H21BrN4O3. The third-order valence-corrected chi connectivity index (χ3v) is 4.58. The quantitative estimate of drug-likeness (QED) is 0.754. The van der Waals surface area contributed by atoms with E-state index in [1.807, 2.05) is 20.8 Å². The van der Waals surface area contributed by atoms with Gasteiger partial charge < -0.3 is 20.3 Å². The van der Waals surface area contributed by atoms with Crippen LogP contribution < -0.4 is 5.32 Å². The van der Waals surface area contributed by atoms with Gasteiger partial charge in [0.25, 0.3) is 0 Å². The van der Waals surface area contributed by atoms with Crippen molar-refractivity contribution >= 4 is 27.9 Å². The zero-order valence-electron chi connectivity index (χ0n) is 12.9. The molecule has 0 unspecified atom stereocenters. The van der Waals surface area contributed by atoms with Crippen LogP contribution in [0.1, 0.15) is 39.4 Å². The molecule has 7 nitrogen and oxygen atoms in total. The lowest BCUT2D eigenvalue weighted by molar-refractivity contribution is -0.138. The number of nitrogens with one attached hydrogen (secondary N) is 2. The molecule has 122 valence electrons. The van der Waals surface area contributed by atoms with Gasteiger partial charge in [0.15, 0.2) is 0 Å². The maximum Gasteiger partial charge on any atom is 0.405 e. The molecule has 8 heteroatoms. The number of nitrogens with zero attached hydrogens (tertiary/aromatic N) is 2. The van der Waals surface area contributed by atoms with Crippen LogP contribution in [0.15, 0.2) is 10.8 Å². The number of amides is 2. The summed E-state index contributed by atoms with van der Waals surface area (Å²) in [6.07, 6.45) is 2.13. The van der Waals surface area contributed by atoms with Crippen molar-refractivity contribution in [3.8, 4) is 0 Å². The van der Waals surface area contributed by atoms with Crippen LogP contribution in [0.5, 0.6) is 0 Å². The second kappa shape index (κ2) is 6.28. The van der Waals surface area contributed by atoms with Crippen LogP contribution in [0.4, 0.5) is 4.79 Å². The molecule has 1 fully saturated rings. The number of hydrogen-bond acceptors (Lipinski definition) is 3. The lowest BCUT2D eigenvalue weighted by atomic mass is 9.95. The van der Waals surface area contributed by atoms with Crippen molar-refractivity contribution in [1.82, 2.24) is 20.2 Å². The molecule has 0 spiro atoms. The summed E-state index contributed by atoms with van der Waals surface area (Å²) in [4.78, 5) is 33.0. The fourth-order valence-corrected chi connectivity index (χ4v) is 3.24. The second-order valence-electron chi connectivity index (χ2n) is 6.12. The molecule has 2 rings (SSSR count). The number of carboxylic acid groups (broad SMARTS) is 1. The summed E-state index contributed by atoms with van der Waals surface area (Å²) in [6, 6.07) is -0.756. The number of aromatic amines is 1.